The zero-order valence-corrected chi connectivity index (χ0v) is 7.41. The van der Waals surface area contributed by atoms with Gasteiger partial charge in [0.2, 0.25) is 0 Å². The number of ketones is 1. The van der Waals surface area contributed by atoms with E-state index in [9.17, 15) is 4.79 Å². The highest BCUT2D eigenvalue weighted by Gasteiger charge is 2.30. The largest absolute Gasteiger partial charge is 0.378 e. The van der Waals surface area contributed by atoms with Crippen molar-refractivity contribution in [2.75, 3.05) is 6.61 Å². The van der Waals surface area contributed by atoms with Crippen molar-refractivity contribution >= 4 is 5.78 Å². The molecule has 1 heterocycles. The third-order valence-corrected chi connectivity index (χ3v) is 2.22. The first-order valence-electron chi connectivity index (χ1n) is 4.20. The summed E-state index contributed by atoms with van der Waals surface area (Å²) in [6.07, 6.45) is 0.940. The molecule has 1 saturated heterocycles. The average molecular weight is 167 g/mol. The lowest BCUT2D eigenvalue weighted by molar-refractivity contribution is -0.124. The van der Waals surface area contributed by atoms with Crippen molar-refractivity contribution in [3.8, 4) is 6.07 Å². The predicted octanol–water partition coefficient (Wildman–Crippen LogP) is 1.14. The number of rotatable bonds is 2. The second-order valence-corrected chi connectivity index (χ2v) is 3.33. The van der Waals surface area contributed by atoms with Gasteiger partial charge in [-0.3, -0.25) is 4.79 Å². The highest BCUT2D eigenvalue weighted by molar-refractivity contribution is 5.85. The van der Waals surface area contributed by atoms with Crippen LogP contribution in [0.1, 0.15) is 20.3 Å². The summed E-state index contributed by atoms with van der Waals surface area (Å²) >= 11 is 0. The van der Waals surface area contributed by atoms with E-state index >= 15 is 0 Å². The van der Waals surface area contributed by atoms with Crippen LogP contribution in [0, 0.1) is 23.2 Å². The Kier molecular flexibility index (Phi) is 2.83. The highest BCUT2D eigenvalue weighted by Crippen LogP contribution is 2.22. The predicted molar refractivity (Wildman–Crippen MR) is 43.3 cm³/mol. The molecular weight excluding hydrogens is 154 g/mol. The highest BCUT2D eigenvalue weighted by atomic mass is 16.5. The topological polar surface area (TPSA) is 50.1 Å². The smallest absolute Gasteiger partial charge is 0.155 e. The molecule has 0 radical (unpaired) electrons. The van der Waals surface area contributed by atoms with E-state index in [-0.39, 0.29) is 17.8 Å². The lowest BCUT2D eigenvalue weighted by Gasteiger charge is -2.06. The number of nitrogens with zero attached hydrogens (tertiary/aromatic N) is 1. The molecule has 0 bridgehead atoms. The van der Waals surface area contributed by atoms with Gasteiger partial charge in [-0.1, -0.05) is 0 Å². The standard InChI is InChI=1S/C9H13NO2/c1-6(4-10)9(11)8-3-7(2)12-5-8/h6-8H,3,5H2,1-2H3. The van der Waals surface area contributed by atoms with Gasteiger partial charge >= 0.3 is 0 Å². The molecule has 3 unspecified atom stereocenters. The molecule has 66 valence electrons. The van der Waals surface area contributed by atoms with Crippen LogP contribution in [-0.4, -0.2) is 18.5 Å². The summed E-state index contributed by atoms with van der Waals surface area (Å²) in [7, 11) is 0. The molecule has 0 aromatic rings. The maximum Gasteiger partial charge on any atom is 0.155 e. The minimum absolute atomic E-state index is 0.0295. The summed E-state index contributed by atoms with van der Waals surface area (Å²) in [4.78, 5) is 11.4. The molecule has 0 aliphatic carbocycles. The zero-order chi connectivity index (χ0) is 9.14. The zero-order valence-electron chi connectivity index (χ0n) is 7.41. The Morgan fingerprint density at radius 2 is 2.42 bits per heavy atom. The Labute approximate surface area is 72.3 Å². The van der Waals surface area contributed by atoms with Gasteiger partial charge in [0.25, 0.3) is 0 Å². The van der Waals surface area contributed by atoms with Gasteiger partial charge in [0, 0.05) is 5.92 Å². The molecule has 0 saturated carbocycles. The van der Waals surface area contributed by atoms with E-state index in [0.717, 1.165) is 6.42 Å². The third-order valence-electron chi connectivity index (χ3n) is 2.22. The second-order valence-electron chi connectivity index (χ2n) is 3.33. The molecule has 0 spiro atoms. The van der Waals surface area contributed by atoms with E-state index < -0.39 is 5.92 Å². The number of nitriles is 1. The van der Waals surface area contributed by atoms with Gasteiger partial charge in [-0.2, -0.15) is 5.26 Å². The molecule has 3 heteroatoms. The van der Waals surface area contributed by atoms with E-state index in [1.54, 1.807) is 6.92 Å². The second kappa shape index (κ2) is 3.68. The number of carbonyl (C=O) groups is 1. The molecule has 0 aromatic heterocycles. The van der Waals surface area contributed by atoms with Crippen molar-refractivity contribution in [1.29, 1.82) is 5.26 Å². The van der Waals surface area contributed by atoms with Crippen LogP contribution in [0.15, 0.2) is 0 Å². The average Bonchev–Trinajstić information content (AvgIpc) is 2.49. The Balaban J connectivity index is 2.50. The molecule has 1 aliphatic heterocycles. The molecule has 1 aliphatic rings. The lowest BCUT2D eigenvalue weighted by Crippen LogP contribution is -2.20. The Bertz CT molecular complexity index is 219. The molecule has 0 aromatic carbocycles. The summed E-state index contributed by atoms with van der Waals surface area (Å²) in [5.41, 5.74) is 0. The van der Waals surface area contributed by atoms with Crippen LogP contribution >= 0.6 is 0 Å². The first kappa shape index (κ1) is 9.21. The molecule has 1 fully saturated rings. The molecule has 3 nitrogen and oxygen atoms in total. The van der Waals surface area contributed by atoms with Crippen LogP contribution in [0.5, 0.6) is 0 Å². The maximum atomic E-state index is 11.4. The molecule has 0 amide bonds. The minimum Gasteiger partial charge on any atom is -0.378 e. The fraction of sp³-hybridized carbons (Fsp3) is 0.778. The molecule has 12 heavy (non-hydrogen) atoms. The van der Waals surface area contributed by atoms with Gasteiger partial charge < -0.3 is 4.74 Å². The summed E-state index contributed by atoms with van der Waals surface area (Å²) in [6, 6.07) is 1.95. The van der Waals surface area contributed by atoms with Crippen molar-refractivity contribution in [1.82, 2.24) is 0 Å². The van der Waals surface area contributed by atoms with Gasteiger partial charge in [0.15, 0.2) is 5.78 Å². The van der Waals surface area contributed by atoms with E-state index in [0.29, 0.717) is 6.61 Å². The van der Waals surface area contributed by atoms with Gasteiger partial charge in [0.05, 0.1) is 18.8 Å². The van der Waals surface area contributed by atoms with Crippen LogP contribution < -0.4 is 0 Å². The SMILES string of the molecule is CC1CC(C(=O)C(C)C#N)CO1. The minimum atomic E-state index is -0.483. The first-order valence-corrected chi connectivity index (χ1v) is 4.20. The number of hydrogen-bond donors (Lipinski definition) is 0. The van der Waals surface area contributed by atoms with Gasteiger partial charge in [-0.05, 0) is 20.3 Å². The Morgan fingerprint density at radius 3 is 2.83 bits per heavy atom. The van der Waals surface area contributed by atoms with E-state index in [1.807, 2.05) is 13.0 Å². The van der Waals surface area contributed by atoms with E-state index in [2.05, 4.69) is 0 Å². The first-order chi connectivity index (χ1) is 5.65. The Morgan fingerprint density at radius 1 is 1.75 bits per heavy atom. The van der Waals surface area contributed by atoms with Crippen molar-refractivity contribution in [2.24, 2.45) is 11.8 Å². The monoisotopic (exact) mass is 167 g/mol. The van der Waals surface area contributed by atoms with Crippen molar-refractivity contribution in [3.63, 3.8) is 0 Å². The Hall–Kier alpha value is -0.880. The van der Waals surface area contributed by atoms with E-state index in [1.165, 1.54) is 0 Å². The summed E-state index contributed by atoms with van der Waals surface area (Å²) < 4.78 is 5.25. The number of ether oxygens (including phenoxy) is 1. The number of Topliss-reactive ketones (excluding diaryl/α,β-unsaturated/α-hetero) is 1. The van der Waals surface area contributed by atoms with Crippen molar-refractivity contribution < 1.29 is 9.53 Å². The van der Waals surface area contributed by atoms with Crippen LogP contribution in [0.2, 0.25) is 0 Å². The van der Waals surface area contributed by atoms with E-state index in [4.69, 9.17) is 10.00 Å². The molecule has 0 N–H and O–H groups in total. The van der Waals surface area contributed by atoms with Crippen LogP contribution in [-0.2, 0) is 9.53 Å². The van der Waals surface area contributed by atoms with Crippen LogP contribution in [0.4, 0.5) is 0 Å². The number of carbonyl (C=O) groups excluding carboxylic acids is 1. The third kappa shape index (κ3) is 1.83. The number of hydrogen-bond acceptors (Lipinski definition) is 3. The molecule has 3 atom stereocenters. The fourth-order valence-electron chi connectivity index (χ4n) is 1.43. The van der Waals surface area contributed by atoms with Crippen molar-refractivity contribution in [3.05, 3.63) is 0 Å². The van der Waals surface area contributed by atoms with Crippen LogP contribution in [0.3, 0.4) is 0 Å². The van der Waals surface area contributed by atoms with Gasteiger partial charge in [0.1, 0.15) is 5.92 Å². The summed E-state index contributed by atoms with van der Waals surface area (Å²) in [5, 5.41) is 8.52. The normalized spacial score (nSPS) is 31.1. The maximum absolute atomic E-state index is 11.4. The van der Waals surface area contributed by atoms with Crippen molar-refractivity contribution in [2.45, 2.75) is 26.4 Å². The van der Waals surface area contributed by atoms with Gasteiger partial charge in [-0.25, -0.2) is 0 Å². The summed E-state index contributed by atoms with van der Waals surface area (Å²) in [5.74, 6) is -0.500. The van der Waals surface area contributed by atoms with Crippen LogP contribution in [0.25, 0.3) is 0 Å². The quantitative estimate of drug-likeness (QED) is 0.619. The summed E-state index contributed by atoms with van der Waals surface area (Å²) in [6.45, 7) is 4.08. The lowest BCUT2D eigenvalue weighted by atomic mass is 9.93. The fourth-order valence-corrected chi connectivity index (χ4v) is 1.43. The van der Waals surface area contributed by atoms with Gasteiger partial charge in [-0.15, -0.1) is 0 Å². The molecular formula is C9H13NO2. The molecule has 1 rings (SSSR count).